The third kappa shape index (κ3) is 2.47. The quantitative estimate of drug-likeness (QED) is 0.485. The molecule has 5 aliphatic carbocycles. The Balaban J connectivity index is 1.66. The third-order valence-electron chi connectivity index (χ3n) is 11.2. The number of hydrogen-bond acceptors (Lipinski definition) is 3. The highest BCUT2D eigenvalue weighted by atomic mass is 16.3. The highest BCUT2D eigenvalue weighted by molar-refractivity contribution is 6.09. The first-order valence-corrected chi connectivity index (χ1v) is 12.3. The van der Waals surface area contributed by atoms with Gasteiger partial charge in [-0.3, -0.25) is 9.59 Å². The van der Waals surface area contributed by atoms with Gasteiger partial charge in [0.15, 0.2) is 11.5 Å². The van der Waals surface area contributed by atoms with Gasteiger partial charge in [0, 0.05) is 16.9 Å². The predicted molar refractivity (Wildman–Crippen MR) is 122 cm³/mol. The van der Waals surface area contributed by atoms with E-state index in [1.54, 1.807) is 19.1 Å². The van der Waals surface area contributed by atoms with Gasteiger partial charge >= 0.3 is 0 Å². The Morgan fingerprint density at radius 1 is 0.935 bits per heavy atom. The van der Waals surface area contributed by atoms with E-state index in [4.69, 9.17) is 0 Å². The van der Waals surface area contributed by atoms with E-state index in [1.165, 1.54) is 25.7 Å². The molecule has 0 spiro atoms. The van der Waals surface area contributed by atoms with E-state index in [0.29, 0.717) is 16.9 Å². The van der Waals surface area contributed by atoms with Crippen molar-refractivity contribution in [3.63, 3.8) is 0 Å². The molecular weight excluding hydrogens is 384 g/mol. The molecular formula is C28H38O3. The van der Waals surface area contributed by atoms with E-state index in [1.807, 2.05) is 0 Å². The molecule has 0 bridgehead atoms. The number of rotatable bonds is 0. The standard InChI is InChI=1S/C28H38O3/c1-16-7-8-25(3)9-11-28(6)24-21(30)14-18-17(2)23(31)20(29)15-19(18)26(24,4)10-12-27(28,5)22(25)13-16/h14-16,22,24,31H,7-13H2,1-6H3. The monoisotopic (exact) mass is 422 g/mol. The van der Waals surface area contributed by atoms with Crippen molar-refractivity contribution in [3.8, 4) is 0 Å². The minimum Gasteiger partial charge on any atom is -0.504 e. The van der Waals surface area contributed by atoms with E-state index in [-0.39, 0.29) is 39.5 Å². The van der Waals surface area contributed by atoms with Crippen LogP contribution in [0.2, 0.25) is 0 Å². The lowest BCUT2D eigenvalue weighted by molar-refractivity contribution is -0.206. The Labute approximate surface area is 187 Å². The number of allylic oxidation sites excluding steroid dienone is 5. The zero-order valence-corrected chi connectivity index (χ0v) is 20.1. The van der Waals surface area contributed by atoms with Crippen molar-refractivity contribution < 1.29 is 14.7 Å². The average Bonchev–Trinajstić information content (AvgIpc) is 2.71. The van der Waals surface area contributed by atoms with Gasteiger partial charge in [0.25, 0.3) is 0 Å². The first kappa shape index (κ1) is 21.2. The number of ketones is 2. The van der Waals surface area contributed by atoms with E-state index in [0.717, 1.165) is 36.3 Å². The van der Waals surface area contributed by atoms with Crippen LogP contribution in [0.4, 0.5) is 0 Å². The zero-order valence-electron chi connectivity index (χ0n) is 20.1. The number of hydrogen-bond donors (Lipinski definition) is 1. The molecule has 5 aliphatic rings. The molecule has 3 nitrogen and oxygen atoms in total. The smallest absolute Gasteiger partial charge is 0.220 e. The highest BCUT2D eigenvalue weighted by Crippen LogP contribution is 2.75. The fourth-order valence-electron chi connectivity index (χ4n) is 9.01. The van der Waals surface area contributed by atoms with Crippen molar-refractivity contribution >= 4 is 11.6 Å². The SMILES string of the molecule is CC1=C(O)C(=O)C=C2C1=CC(=O)C1C2(C)CCC2(C)C3CC(C)CCC3(C)CCC12C. The van der Waals surface area contributed by atoms with E-state index in [2.05, 4.69) is 34.6 Å². The first-order chi connectivity index (χ1) is 14.4. The Kier molecular flexibility index (Phi) is 4.27. The molecule has 7 atom stereocenters. The molecule has 0 amide bonds. The van der Waals surface area contributed by atoms with Crippen LogP contribution in [0.5, 0.6) is 0 Å². The minimum absolute atomic E-state index is 0.0820. The molecule has 31 heavy (non-hydrogen) atoms. The van der Waals surface area contributed by atoms with Crippen LogP contribution in [0.25, 0.3) is 0 Å². The summed E-state index contributed by atoms with van der Waals surface area (Å²) in [6.45, 7) is 13.8. The molecule has 7 unspecified atom stereocenters. The lowest BCUT2D eigenvalue weighted by Crippen LogP contribution is -2.65. The summed E-state index contributed by atoms with van der Waals surface area (Å²) >= 11 is 0. The van der Waals surface area contributed by atoms with Gasteiger partial charge in [-0.1, -0.05) is 41.0 Å². The van der Waals surface area contributed by atoms with Gasteiger partial charge in [0.05, 0.1) is 0 Å². The highest BCUT2D eigenvalue weighted by Gasteiger charge is 2.69. The van der Waals surface area contributed by atoms with Crippen molar-refractivity contribution in [2.24, 2.45) is 39.4 Å². The maximum absolute atomic E-state index is 13.8. The van der Waals surface area contributed by atoms with E-state index < -0.39 is 0 Å². The van der Waals surface area contributed by atoms with Crippen molar-refractivity contribution in [3.05, 3.63) is 34.6 Å². The number of fused-ring (bicyclic) bond motifs is 7. The molecule has 0 radical (unpaired) electrons. The van der Waals surface area contributed by atoms with Crippen LogP contribution < -0.4 is 0 Å². The van der Waals surface area contributed by atoms with E-state index in [9.17, 15) is 14.7 Å². The second-order valence-corrected chi connectivity index (χ2v) is 12.6. The molecule has 0 aromatic rings. The van der Waals surface area contributed by atoms with Gasteiger partial charge in [-0.15, -0.1) is 0 Å². The van der Waals surface area contributed by atoms with Crippen LogP contribution in [-0.4, -0.2) is 16.7 Å². The molecule has 0 aromatic carbocycles. The number of carbonyl (C=O) groups is 2. The maximum atomic E-state index is 13.8. The summed E-state index contributed by atoms with van der Waals surface area (Å²) in [7, 11) is 0. The van der Waals surface area contributed by atoms with Crippen LogP contribution in [-0.2, 0) is 9.59 Å². The van der Waals surface area contributed by atoms with Crippen molar-refractivity contribution in [2.45, 2.75) is 86.5 Å². The van der Waals surface area contributed by atoms with Gasteiger partial charge in [-0.2, -0.15) is 0 Å². The van der Waals surface area contributed by atoms with Crippen molar-refractivity contribution in [1.82, 2.24) is 0 Å². The molecule has 0 aliphatic heterocycles. The molecule has 0 aromatic heterocycles. The van der Waals surface area contributed by atoms with Gasteiger partial charge in [-0.25, -0.2) is 0 Å². The number of aliphatic hydroxyl groups is 1. The Morgan fingerprint density at radius 2 is 1.61 bits per heavy atom. The maximum Gasteiger partial charge on any atom is 0.220 e. The summed E-state index contributed by atoms with van der Waals surface area (Å²) in [5.74, 6) is 0.996. The molecule has 1 N–H and O–H groups in total. The fraction of sp³-hybridized carbons (Fsp3) is 0.714. The Bertz CT molecular complexity index is 982. The summed E-state index contributed by atoms with van der Waals surface area (Å²) < 4.78 is 0. The third-order valence-corrected chi connectivity index (χ3v) is 11.2. The second-order valence-electron chi connectivity index (χ2n) is 12.6. The van der Waals surface area contributed by atoms with Crippen LogP contribution in [0.1, 0.15) is 86.5 Å². The van der Waals surface area contributed by atoms with E-state index >= 15 is 0 Å². The molecule has 0 heterocycles. The van der Waals surface area contributed by atoms with Crippen LogP contribution >= 0.6 is 0 Å². The van der Waals surface area contributed by atoms with Gasteiger partial charge < -0.3 is 5.11 Å². The molecule has 168 valence electrons. The fourth-order valence-corrected chi connectivity index (χ4v) is 9.01. The van der Waals surface area contributed by atoms with Crippen molar-refractivity contribution in [1.29, 1.82) is 0 Å². The van der Waals surface area contributed by atoms with Crippen molar-refractivity contribution in [2.75, 3.05) is 0 Å². The number of carbonyl (C=O) groups excluding carboxylic acids is 2. The minimum atomic E-state index is -0.346. The summed E-state index contributed by atoms with van der Waals surface area (Å²) in [6, 6.07) is 0. The lowest BCUT2D eigenvalue weighted by Gasteiger charge is -2.70. The Hall–Kier alpha value is -1.64. The zero-order chi connectivity index (χ0) is 22.6. The Morgan fingerprint density at radius 3 is 2.32 bits per heavy atom. The molecule has 3 fully saturated rings. The normalized spacial score (nSPS) is 49.4. The second kappa shape index (κ2) is 6.23. The van der Waals surface area contributed by atoms with Crippen LogP contribution in [0.3, 0.4) is 0 Å². The molecule has 0 saturated heterocycles. The lowest BCUT2D eigenvalue weighted by atomic mass is 9.33. The first-order valence-electron chi connectivity index (χ1n) is 12.3. The molecule has 5 rings (SSSR count). The van der Waals surface area contributed by atoms with Gasteiger partial charge in [0.2, 0.25) is 5.78 Å². The predicted octanol–water partition coefficient (Wildman–Crippen LogP) is 6.50. The largest absolute Gasteiger partial charge is 0.504 e. The van der Waals surface area contributed by atoms with Gasteiger partial charge in [0.1, 0.15) is 0 Å². The molecule has 3 saturated carbocycles. The summed E-state index contributed by atoms with van der Waals surface area (Å²) in [4.78, 5) is 26.4. The van der Waals surface area contributed by atoms with Crippen LogP contribution in [0, 0.1) is 39.4 Å². The van der Waals surface area contributed by atoms with Gasteiger partial charge in [-0.05, 0) is 96.8 Å². The summed E-state index contributed by atoms with van der Waals surface area (Å²) in [5.41, 5.74) is 2.43. The summed E-state index contributed by atoms with van der Waals surface area (Å²) in [6.07, 6.45) is 11.6. The molecule has 3 heteroatoms. The number of aliphatic hydroxyl groups excluding tert-OH is 1. The average molecular weight is 423 g/mol. The topological polar surface area (TPSA) is 54.4 Å². The summed E-state index contributed by atoms with van der Waals surface area (Å²) in [5, 5.41) is 10.2. The van der Waals surface area contributed by atoms with Crippen LogP contribution in [0.15, 0.2) is 34.6 Å².